The number of imide groups is 1. The minimum Gasteiger partial charge on any atom is -0.318 e. The number of hydrazone groups is 1. The van der Waals surface area contributed by atoms with E-state index in [0.29, 0.717) is 11.8 Å². The van der Waals surface area contributed by atoms with Crippen molar-refractivity contribution in [3.05, 3.63) is 65.3 Å². The number of carbonyl (C=O) groups is 2. The van der Waals surface area contributed by atoms with Gasteiger partial charge >= 0.3 is 0 Å². The van der Waals surface area contributed by atoms with Crippen molar-refractivity contribution >= 4 is 18.0 Å². The van der Waals surface area contributed by atoms with Gasteiger partial charge in [0.2, 0.25) is 0 Å². The molecule has 1 aliphatic heterocycles. The summed E-state index contributed by atoms with van der Waals surface area (Å²) in [7, 11) is 0. The van der Waals surface area contributed by atoms with Crippen LogP contribution in [-0.4, -0.2) is 27.6 Å². The number of halogens is 1. The number of benzene rings is 1. The van der Waals surface area contributed by atoms with Crippen molar-refractivity contribution in [1.29, 1.82) is 0 Å². The maximum Gasteiger partial charge on any atom is 0.254 e. The van der Waals surface area contributed by atoms with Gasteiger partial charge < -0.3 is 4.57 Å². The zero-order valence-electron chi connectivity index (χ0n) is 16.8. The lowest BCUT2D eigenvalue weighted by Gasteiger charge is -2.37. The molecular formula is C24H22FN3O2. The summed E-state index contributed by atoms with van der Waals surface area (Å²) < 4.78 is 15.3. The minimum absolute atomic E-state index is 0.154. The molecular weight excluding hydrogens is 381 g/mol. The van der Waals surface area contributed by atoms with Crippen molar-refractivity contribution in [2.24, 2.45) is 40.6 Å². The van der Waals surface area contributed by atoms with Crippen molar-refractivity contribution in [2.75, 3.05) is 0 Å². The van der Waals surface area contributed by atoms with Crippen LogP contribution in [0.2, 0.25) is 0 Å². The molecule has 6 heteroatoms. The summed E-state index contributed by atoms with van der Waals surface area (Å²) in [5.41, 5.74) is 3.57. The highest BCUT2D eigenvalue weighted by molar-refractivity contribution is 6.06. The van der Waals surface area contributed by atoms with E-state index in [0.717, 1.165) is 34.1 Å². The van der Waals surface area contributed by atoms with E-state index in [9.17, 15) is 14.0 Å². The number of carbonyl (C=O) groups excluding carboxylic acids is 2. The molecule has 4 aliphatic carbocycles. The average molecular weight is 403 g/mol. The minimum atomic E-state index is -0.281. The molecule has 2 bridgehead atoms. The number of aromatic nitrogens is 1. The Balaban J connectivity index is 1.30. The van der Waals surface area contributed by atoms with Gasteiger partial charge in [0.15, 0.2) is 0 Å². The Kier molecular flexibility index (Phi) is 3.56. The molecule has 2 amide bonds. The normalized spacial score (nSPS) is 33.5. The Morgan fingerprint density at radius 3 is 2.20 bits per heavy atom. The number of hydrogen-bond donors (Lipinski definition) is 0. The number of amides is 2. The second kappa shape index (κ2) is 6.00. The summed E-state index contributed by atoms with van der Waals surface area (Å²) in [5.74, 6) is 0.497. The second-order valence-corrected chi connectivity index (χ2v) is 9.03. The molecule has 6 atom stereocenters. The highest BCUT2D eigenvalue weighted by atomic mass is 19.1. The lowest BCUT2D eigenvalue weighted by Crippen LogP contribution is -2.40. The first-order valence-electron chi connectivity index (χ1n) is 10.5. The lowest BCUT2D eigenvalue weighted by atomic mass is 9.63. The standard InChI is InChI=1S/C24H22FN3O2/c1-12-9-14(13(2)27(12)16-5-3-15(25)4-6-16)11-26-28-23(29)21-17-7-8-18(20-10-19(17)20)22(21)24(28)30/h3-9,11,17-22H,10H2,1-2H3/b26-11-/t17-,18-,19-,20+,21-,22+/m0/s1. The van der Waals surface area contributed by atoms with E-state index in [1.165, 1.54) is 12.1 Å². The molecule has 5 aliphatic rings. The van der Waals surface area contributed by atoms with Crippen LogP contribution in [0.25, 0.3) is 5.69 Å². The fourth-order valence-electron chi connectivity index (χ4n) is 6.08. The van der Waals surface area contributed by atoms with E-state index in [4.69, 9.17) is 0 Å². The number of nitrogens with zero attached hydrogens (tertiary/aromatic N) is 3. The largest absolute Gasteiger partial charge is 0.318 e. The molecule has 3 fully saturated rings. The summed E-state index contributed by atoms with van der Waals surface area (Å²) in [6.07, 6.45) is 7.07. The molecule has 0 N–H and O–H groups in total. The molecule has 7 rings (SSSR count). The van der Waals surface area contributed by atoms with Crippen LogP contribution in [0.15, 0.2) is 47.6 Å². The Morgan fingerprint density at radius 1 is 1.00 bits per heavy atom. The van der Waals surface area contributed by atoms with E-state index in [2.05, 4.69) is 17.3 Å². The first-order valence-corrected chi connectivity index (χ1v) is 10.5. The maximum atomic E-state index is 13.3. The molecule has 0 radical (unpaired) electrons. The number of allylic oxidation sites excluding steroid dienone is 2. The molecule has 1 aromatic heterocycles. The second-order valence-electron chi connectivity index (χ2n) is 9.03. The topological polar surface area (TPSA) is 54.7 Å². The fraction of sp³-hybridized carbons (Fsp3) is 0.375. The van der Waals surface area contributed by atoms with Crippen LogP contribution < -0.4 is 0 Å². The molecule has 2 aromatic rings. The van der Waals surface area contributed by atoms with Gasteiger partial charge in [-0.3, -0.25) is 9.59 Å². The Labute approximate surface area is 173 Å². The summed E-state index contributed by atoms with van der Waals surface area (Å²) in [5, 5.41) is 5.46. The van der Waals surface area contributed by atoms with Crippen LogP contribution in [0.5, 0.6) is 0 Å². The van der Waals surface area contributed by atoms with Gasteiger partial charge in [0.05, 0.1) is 18.1 Å². The predicted octanol–water partition coefficient (Wildman–Crippen LogP) is 3.62. The van der Waals surface area contributed by atoms with Gasteiger partial charge in [-0.25, -0.2) is 4.39 Å². The van der Waals surface area contributed by atoms with Gasteiger partial charge in [-0.1, -0.05) is 12.2 Å². The number of hydrogen-bond acceptors (Lipinski definition) is 3. The molecule has 152 valence electrons. The van der Waals surface area contributed by atoms with E-state index in [1.807, 2.05) is 24.5 Å². The van der Waals surface area contributed by atoms with Crippen LogP contribution in [0.4, 0.5) is 4.39 Å². The lowest BCUT2D eigenvalue weighted by molar-refractivity contribution is -0.140. The molecule has 2 saturated carbocycles. The number of rotatable bonds is 3. The first kappa shape index (κ1) is 17.8. The van der Waals surface area contributed by atoms with Crippen LogP contribution in [0, 0.1) is 55.2 Å². The fourth-order valence-corrected chi connectivity index (χ4v) is 6.08. The van der Waals surface area contributed by atoms with Gasteiger partial charge in [-0.05, 0) is 74.3 Å². The van der Waals surface area contributed by atoms with Gasteiger partial charge in [0.25, 0.3) is 11.8 Å². The molecule has 1 aromatic carbocycles. The maximum absolute atomic E-state index is 13.3. The highest BCUT2D eigenvalue weighted by Gasteiger charge is 2.67. The third-order valence-electron chi connectivity index (χ3n) is 7.51. The van der Waals surface area contributed by atoms with Crippen LogP contribution in [-0.2, 0) is 9.59 Å². The van der Waals surface area contributed by atoms with Crippen LogP contribution >= 0.6 is 0 Å². The predicted molar refractivity (Wildman–Crippen MR) is 109 cm³/mol. The van der Waals surface area contributed by atoms with Crippen molar-refractivity contribution in [2.45, 2.75) is 20.3 Å². The van der Waals surface area contributed by atoms with Gasteiger partial charge in [-0.15, -0.1) is 0 Å². The summed E-state index contributed by atoms with van der Waals surface area (Å²) in [6.45, 7) is 3.91. The summed E-state index contributed by atoms with van der Waals surface area (Å²) in [6, 6.07) is 8.27. The van der Waals surface area contributed by atoms with Crippen LogP contribution in [0.1, 0.15) is 23.4 Å². The summed E-state index contributed by atoms with van der Waals surface area (Å²) in [4.78, 5) is 26.1. The number of aryl methyl sites for hydroxylation is 1. The van der Waals surface area contributed by atoms with E-state index in [-0.39, 0.29) is 41.3 Å². The Hall–Kier alpha value is -3.02. The molecule has 2 heterocycles. The molecule has 0 spiro atoms. The van der Waals surface area contributed by atoms with Crippen molar-refractivity contribution in [3.8, 4) is 5.69 Å². The third kappa shape index (κ3) is 2.30. The molecule has 0 unspecified atom stereocenters. The molecule has 1 saturated heterocycles. The average Bonchev–Trinajstić information content (AvgIpc) is 3.46. The van der Waals surface area contributed by atoms with E-state index in [1.54, 1.807) is 18.3 Å². The smallest absolute Gasteiger partial charge is 0.254 e. The van der Waals surface area contributed by atoms with Gasteiger partial charge in [0, 0.05) is 22.6 Å². The monoisotopic (exact) mass is 403 g/mol. The highest BCUT2D eigenvalue weighted by Crippen LogP contribution is 2.65. The van der Waals surface area contributed by atoms with Crippen molar-refractivity contribution < 1.29 is 14.0 Å². The van der Waals surface area contributed by atoms with Crippen molar-refractivity contribution in [1.82, 2.24) is 9.58 Å². The molecule has 5 nitrogen and oxygen atoms in total. The Bertz CT molecular complexity index is 1110. The third-order valence-corrected chi connectivity index (χ3v) is 7.51. The first-order chi connectivity index (χ1) is 14.5. The summed E-state index contributed by atoms with van der Waals surface area (Å²) >= 11 is 0. The van der Waals surface area contributed by atoms with Crippen molar-refractivity contribution in [3.63, 3.8) is 0 Å². The van der Waals surface area contributed by atoms with Gasteiger partial charge in [-0.2, -0.15) is 10.1 Å². The van der Waals surface area contributed by atoms with E-state index >= 15 is 0 Å². The zero-order valence-corrected chi connectivity index (χ0v) is 16.8. The quantitative estimate of drug-likeness (QED) is 0.447. The SMILES string of the molecule is Cc1cc(/C=N\N2C(=O)[C@@H]3[C@H]4C=C[C@@H]([C@@H]5C[C@H]45)[C@@H]3C2=O)c(C)n1-c1ccc(F)cc1. The van der Waals surface area contributed by atoms with Crippen LogP contribution in [0.3, 0.4) is 0 Å². The van der Waals surface area contributed by atoms with E-state index < -0.39 is 0 Å². The Morgan fingerprint density at radius 2 is 1.60 bits per heavy atom. The zero-order chi connectivity index (χ0) is 20.7. The molecule has 30 heavy (non-hydrogen) atoms. The van der Waals surface area contributed by atoms with Gasteiger partial charge in [0.1, 0.15) is 5.82 Å².